The molecule has 100 valence electrons. The zero-order chi connectivity index (χ0) is 13.8. The van der Waals surface area contributed by atoms with Gasteiger partial charge in [-0.25, -0.2) is 0 Å². The molecule has 3 heteroatoms. The Balaban J connectivity index is 2.05. The van der Waals surface area contributed by atoms with Crippen LogP contribution in [0.5, 0.6) is 0 Å². The van der Waals surface area contributed by atoms with Gasteiger partial charge in [0.2, 0.25) is 0 Å². The zero-order valence-electron chi connectivity index (χ0n) is 11.1. The molecule has 2 aromatic rings. The Morgan fingerprint density at radius 2 is 1.74 bits per heavy atom. The third-order valence-electron chi connectivity index (χ3n) is 2.86. The quantitative estimate of drug-likeness (QED) is 0.802. The molecule has 0 aromatic heterocycles. The summed E-state index contributed by atoms with van der Waals surface area (Å²) in [5.41, 5.74) is 3.39. The first kappa shape index (κ1) is 14.6. The number of hydrogen-bond acceptors (Lipinski definition) is 2. The molecule has 0 radical (unpaired) electrons. The second kappa shape index (κ2) is 6.60. The minimum atomic E-state index is -0.435. The van der Waals surface area contributed by atoms with Gasteiger partial charge >= 0.3 is 0 Å². The molecule has 0 spiro atoms. The van der Waals surface area contributed by atoms with Crippen molar-refractivity contribution < 1.29 is 5.11 Å². The Kier molecular flexibility index (Phi) is 5.08. The molecule has 19 heavy (non-hydrogen) atoms. The van der Waals surface area contributed by atoms with Gasteiger partial charge in [-0.2, -0.15) is 0 Å². The highest BCUT2D eigenvalue weighted by Gasteiger charge is 2.10. The maximum absolute atomic E-state index is 10.3. The Labute approximate surface area is 127 Å². The number of hydrogen-bond donors (Lipinski definition) is 1. The molecule has 1 N–H and O–H groups in total. The summed E-state index contributed by atoms with van der Waals surface area (Å²) in [5.74, 6) is 0.658. The number of benzene rings is 2. The SMILES string of the molecule is Cc1cc(C)cc(C(O)CSc2ccccc2Br)c1. The van der Waals surface area contributed by atoms with Crippen LogP contribution >= 0.6 is 27.7 Å². The van der Waals surface area contributed by atoms with E-state index in [1.165, 1.54) is 11.1 Å². The predicted octanol–water partition coefficient (Wildman–Crippen LogP) is 4.89. The lowest BCUT2D eigenvalue weighted by Gasteiger charge is -2.13. The van der Waals surface area contributed by atoms with E-state index in [0.717, 1.165) is 14.9 Å². The summed E-state index contributed by atoms with van der Waals surface area (Å²) in [6.07, 6.45) is -0.435. The van der Waals surface area contributed by atoms with Gasteiger partial charge in [0.05, 0.1) is 6.10 Å². The van der Waals surface area contributed by atoms with Gasteiger partial charge in [0.15, 0.2) is 0 Å². The molecular formula is C16H17BrOS. The first-order valence-corrected chi connectivity index (χ1v) is 7.97. The number of rotatable bonds is 4. The maximum Gasteiger partial charge on any atom is 0.0884 e. The molecule has 1 nitrogen and oxygen atoms in total. The van der Waals surface area contributed by atoms with E-state index in [1.807, 2.05) is 18.2 Å². The summed E-state index contributed by atoms with van der Waals surface area (Å²) in [6, 6.07) is 14.3. The van der Waals surface area contributed by atoms with E-state index >= 15 is 0 Å². The summed E-state index contributed by atoms with van der Waals surface area (Å²) < 4.78 is 1.08. The summed E-state index contributed by atoms with van der Waals surface area (Å²) in [6.45, 7) is 4.12. The van der Waals surface area contributed by atoms with Crippen LogP contribution in [0.2, 0.25) is 0 Å². The molecule has 0 bridgehead atoms. The fourth-order valence-corrected chi connectivity index (χ4v) is 3.57. The molecule has 0 aliphatic carbocycles. The van der Waals surface area contributed by atoms with Gasteiger partial charge in [0, 0.05) is 15.1 Å². The predicted molar refractivity (Wildman–Crippen MR) is 85.7 cm³/mol. The van der Waals surface area contributed by atoms with Crippen LogP contribution in [0.1, 0.15) is 22.8 Å². The molecule has 0 aliphatic rings. The fraction of sp³-hybridized carbons (Fsp3) is 0.250. The van der Waals surface area contributed by atoms with E-state index < -0.39 is 6.10 Å². The van der Waals surface area contributed by atoms with Crippen LogP contribution in [0.4, 0.5) is 0 Å². The molecule has 1 atom stereocenters. The topological polar surface area (TPSA) is 20.2 Å². The van der Waals surface area contributed by atoms with Crippen molar-refractivity contribution in [1.82, 2.24) is 0 Å². The lowest BCUT2D eigenvalue weighted by Crippen LogP contribution is -2.01. The van der Waals surface area contributed by atoms with Gasteiger partial charge < -0.3 is 5.11 Å². The van der Waals surface area contributed by atoms with Gasteiger partial charge in [-0.05, 0) is 47.5 Å². The molecule has 0 fully saturated rings. The average Bonchev–Trinajstić information content (AvgIpc) is 2.36. The first-order chi connectivity index (χ1) is 9.06. The number of aliphatic hydroxyl groups excluding tert-OH is 1. The minimum absolute atomic E-state index is 0.435. The van der Waals surface area contributed by atoms with Crippen molar-refractivity contribution in [1.29, 1.82) is 0 Å². The monoisotopic (exact) mass is 336 g/mol. The highest BCUT2D eigenvalue weighted by molar-refractivity contribution is 9.10. The minimum Gasteiger partial charge on any atom is -0.388 e. The fourth-order valence-electron chi connectivity index (χ4n) is 2.03. The van der Waals surface area contributed by atoms with Crippen molar-refractivity contribution in [3.05, 3.63) is 63.6 Å². The van der Waals surface area contributed by atoms with E-state index in [4.69, 9.17) is 0 Å². The van der Waals surface area contributed by atoms with Gasteiger partial charge in [-0.15, -0.1) is 11.8 Å². The van der Waals surface area contributed by atoms with Crippen molar-refractivity contribution in [2.24, 2.45) is 0 Å². The Morgan fingerprint density at radius 1 is 1.11 bits per heavy atom. The van der Waals surface area contributed by atoms with Crippen LogP contribution in [-0.2, 0) is 0 Å². The molecule has 2 aromatic carbocycles. The van der Waals surface area contributed by atoms with E-state index in [1.54, 1.807) is 11.8 Å². The summed E-state index contributed by atoms with van der Waals surface area (Å²) >= 11 is 5.19. The summed E-state index contributed by atoms with van der Waals surface area (Å²) in [7, 11) is 0. The van der Waals surface area contributed by atoms with Gasteiger partial charge in [0.25, 0.3) is 0 Å². The Morgan fingerprint density at radius 3 is 2.37 bits per heavy atom. The van der Waals surface area contributed by atoms with E-state index in [-0.39, 0.29) is 0 Å². The molecule has 0 saturated heterocycles. The second-order valence-electron chi connectivity index (χ2n) is 4.68. The van der Waals surface area contributed by atoms with Crippen molar-refractivity contribution in [2.45, 2.75) is 24.8 Å². The van der Waals surface area contributed by atoms with Crippen LogP contribution in [0.15, 0.2) is 51.8 Å². The van der Waals surface area contributed by atoms with Crippen molar-refractivity contribution in [2.75, 3.05) is 5.75 Å². The highest BCUT2D eigenvalue weighted by Crippen LogP contribution is 2.30. The molecule has 0 saturated carbocycles. The normalized spacial score (nSPS) is 12.4. The van der Waals surface area contributed by atoms with Crippen LogP contribution in [0.3, 0.4) is 0 Å². The van der Waals surface area contributed by atoms with Gasteiger partial charge in [-0.1, -0.05) is 41.5 Å². The average molecular weight is 337 g/mol. The molecule has 1 unspecified atom stereocenters. The van der Waals surface area contributed by atoms with Crippen molar-refractivity contribution >= 4 is 27.7 Å². The van der Waals surface area contributed by atoms with Crippen LogP contribution < -0.4 is 0 Å². The number of halogens is 1. The van der Waals surface area contributed by atoms with Gasteiger partial charge in [-0.3, -0.25) is 0 Å². The van der Waals surface area contributed by atoms with Gasteiger partial charge in [0.1, 0.15) is 0 Å². The lowest BCUT2D eigenvalue weighted by atomic mass is 10.0. The standard InChI is InChI=1S/C16H17BrOS/c1-11-7-12(2)9-13(8-11)15(18)10-19-16-6-4-3-5-14(16)17/h3-9,15,18H,10H2,1-2H3. The van der Waals surface area contributed by atoms with Crippen LogP contribution in [0.25, 0.3) is 0 Å². The maximum atomic E-state index is 10.3. The molecule has 0 heterocycles. The largest absolute Gasteiger partial charge is 0.388 e. The Hall–Kier alpha value is -0.770. The third-order valence-corrected chi connectivity index (χ3v) is 4.97. The molecular weight excluding hydrogens is 320 g/mol. The lowest BCUT2D eigenvalue weighted by molar-refractivity contribution is 0.204. The van der Waals surface area contributed by atoms with Crippen LogP contribution in [0, 0.1) is 13.8 Å². The summed E-state index contributed by atoms with van der Waals surface area (Å²) in [5, 5.41) is 10.3. The summed E-state index contributed by atoms with van der Waals surface area (Å²) in [4.78, 5) is 1.16. The number of aliphatic hydroxyl groups is 1. The van der Waals surface area contributed by atoms with E-state index in [0.29, 0.717) is 5.75 Å². The first-order valence-electron chi connectivity index (χ1n) is 6.20. The smallest absolute Gasteiger partial charge is 0.0884 e. The van der Waals surface area contributed by atoms with Crippen molar-refractivity contribution in [3.63, 3.8) is 0 Å². The zero-order valence-corrected chi connectivity index (χ0v) is 13.5. The number of thioether (sulfide) groups is 1. The van der Waals surface area contributed by atoms with Crippen molar-refractivity contribution in [3.8, 4) is 0 Å². The highest BCUT2D eigenvalue weighted by atomic mass is 79.9. The third kappa shape index (κ3) is 4.10. The Bertz CT molecular complexity index is 548. The molecule has 0 amide bonds. The number of aryl methyl sites for hydroxylation is 2. The van der Waals surface area contributed by atoms with E-state index in [9.17, 15) is 5.11 Å². The van der Waals surface area contributed by atoms with E-state index in [2.05, 4.69) is 54.0 Å². The molecule has 2 rings (SSSR count). The molecule has 0 aliphatic heterocycles. The second-order valence-corrected chi connectivity index (χ2v) is 6.59. The van der Waals surface area contributed by atoms with Crippen LogP contribution in [-0.4, -0.2) is 10.9 Å².